The van der Waals surface area contributed by atoms with Crippen molar-refractivity contribution in [3.8, 4) is 0 Å². The van der Waals surface area contributed by atoms with Crippen molar-refractivity contribution in [2.45, 2.75) is 81.7 Å². The second-order valence-corrected chi connectivity index (χ2v) is 11.3. The van der Waals surface area contributed by atoms with Crippen molar-refractivity contribution in [3.63, 3.8) is 0 Å². The fraction of sp³-hybridized carbons (Fsp3) is 0.857. The lowest BCUT2D eigenvalue weighted by Gasteiger charge is -2.37. The van der Waals surface area contributed by atoms with Gasteiger partial charge in [0.1, 0.15) is 18.2 Å². The molecule has 1 heterocycles. The van der Waals surface area contributed by atoms with Crippen LogP contribution < -0.4 is 5.32 Å². The van der Waals surface area contributed by atoms with Crippen LogP contribution in [-0.4, -0.2) is 64.4 Å². The first-order chi connectivity index (χ1) is 14.3. The van der Waals surface area contributed by atoms with Crippen LogP contribution in [0.25, 0.3) is 0 Å². The van der Waals surface area contributed by atoms with Crippen LogP contribution in [0.5, 0.6) is 0 Å². The number of ketones is 1. The van der Waals surface area contributed by atoms with E-state index in [1.807, 2.05) is 0 Å². The minimum Gasteiger partial charge on any atom is -0.461 e. The van der Waals surface area contributed by atoms with Crippen LogP contribution in [0.15, 0.2) is 0 Å². The van der Waals surface area contributed by atoms with Crippen molar-refractivity contribution in [1.29, 1.82) is 0 Å². The summed E-state index contributed by atoms with van der Waals surface area (Å²) in [5.74, 6) is -1.37. The third-order valence-electron chi connectivity index (χ3n) is 4.82. The van der Waals surface area contributed by atoms with Gasteiger partial charge in [-0.25, -0.2) is 4.79 Å². The number of Topliss-reactive ketones (excluding diaryl/α,β-unsaturated/α-hetero) is 1. The molecule has 7 nitrogen and oxygen atoms in total. The van der Waals surface area contributed by atoms with E-state index in [4.69, 9.17) is 44.3 Å². The maximum Gasteiger partial charge on any atom is 0.410 e. The molecule has 0 radical (unpaired) electrons. The number of nitrogens with one attached hydrogen (secondary N) is 1. The number of hydrogen-bond acceptors (Lipinski definition) is 6. The molecule has 1 rings (SSSR count). The summed E-state index contributed by atoms with van der Waals surface area (Å²) >= 11 is 16.9. The number of alkyl halides is 3. The Kier molecular flexibility index (Phi) is 11.9. The molecule has 0 aromatic heterocycles. The van der Waals surface area contributed by atoms with Crippen LogP contribution in [0.2, 0.25) is 0 Å². The highest BCUT2D eigenvalue weighted by molar-refractivity contribution is 6.67. The van der Waals surface area contributed by atoms with E-state index in [1.165, 1.54) is 4.90 Å². The molecule has 1 N–H and O–H groups in total. The van der Waals surface area contributed by atoms with Gasteiger partial charge in [0.2, 0.25) is 3.79 Å². The number of hydrogen-bond donors (Lipinski definition) is 1. The number of halogens is 3. The van der Waals surface area contributed by atoms with E-state index in [1.54, 1.807) is 20.8 Å². The Morgan fingerprint density at radius 2 is 1.81 bits per heavy atom. The molecule has 1 saturated heterocycles. The molecule has 0 aromatic carbocycles. The molecule has 10 heteroatoms. The number of esters is 1. The fourth-order valence-corrected chi connectivity index (χ4v) is 3.52. The van der Waals surface area contributed by atoms with E-state index in [9.17, 15) is 14.4 Å². The summed E-state index contributed by atoms with van der Waals surface area (Å²) in [6, 6.07) is -0.708. The van der Waals surface area contributed by atoms with Crippen LogP contribution in [0.3, 0.4) is 0 Å². The number of carbonyl (C=O) groups excluding carboxylic acids is 3. The Balaban J connectivity index is 2.90. The molecular formula is C21H35Cl3N2O5. The molecule has 0 spiro atoms. The largest absolute Gasteiger partial charge is 0.461 e. The molecule has 1 aliphatic heterocycles. The highest BCUT2D eigenvalue weighted by atomic mass is 35.6. The zero-order chi connectivity index (χ0) is 23.7. The molecule has 180 valence electrons. The van der Waals surface area contributed by atoms with Crippen LogP contribution >= 0.6 is 34.8 Å². The minimum absolute atomic E-state index is 0.121. The summed E-state index contributed by atoms with van der Waals surface area (Å²) in [6.45, 7) is 8.28. The SMILES string of the molecule is CCCCCC[C@H](CC(=O)OCC(Cl)(Cl)Cl)C(=O)[C@@H]1CNCCN1C(=O)OC(C)(C)C. The minimum atomic E-state index is -1.71. The average Bonchev–Trinajstić information content (AvgIpc) is 2.66. The van der Waals surface area contributed by atoms with E-state index >= 15 is 0 Å². The molecular weight excluding hydrogens is 467 g/mol. The first-order valence-corrected chi connectivity index (χ1v) is 11.9. The monoisotopic (exact) mass is 500 g/mol. The topological polar surface area (TPSA) is 84.9 Å². The van der Waals surface area contributed by atoms with Crippen molar-refractivity contribution in [2.75, 3.05) is 26.2 Å². The van der Waals surface area contributed by atoms with Crippen LogP contribution in [0, 0.1) is 5.92 Å². The third-order valence-corrected chi connectivity index (χ3v) is 5.15. The van der Waals surface area contributed by atoms with Crippen molar-refractivity contribution < 1.29 is 23.9 Å². The zero-order valence-electron chi connectivity index (χ0n) is 18.8. The molecule has 31 heavy (non-hydrogen) atoms. The van der Waals surface area contributed by atoms with E-state index in [0.29, 0.717) is 26.1 Å². The lowest BCUT2D eigenvalue weighted by molar-refractivity contribution is -0.147. The molecule has 0 aliphatic carbocycles. The van der Waals surface area contributed by atoms with Gasteiger partial charge in [0.05, 0.1) is 6.42 Å². The quantitative estimate of drug-likeness (QED) is 0.266. The predicted molar refractivity (Wildman–Crippen MR) is 123 cm³/mol. The van der Waals surface area contributed by atoms with Gasteiger partial charge in [0.15, 0.2) is 5.78 Å². The normalized spacial score (nSPS) is 18.4. The van der Waals surface area contributed by atoms with E-state index < -0.39 is 33.4 Å². The smallest absolute Gasteiger partial charge is 0.410 e. The number of carbonyl (C=O) groups is 3. The number of amides is 1. The summed E-state index contributed by atoms with van der Waals surface area (Å²) < 4.78 is 8.80. The lowest BCUT2D eigenvalue weighted by Crippen LogP contribution is -2.59. The van der Waals surface area contributed by atoms with Gasteiger partial charge in [-0.3, -0.25) is 14.5 Å². The maximum absolute atomic E-state index is 13.4. The van der Waals surface area contributed by atoms with Crippen molar-refractivity contribution in [3.05, 3.63) is 0 Å². The van der Waals surface area contributed by atoms with Crippen molar-refractivity contribution in [2.24, 2.45) is 5.92 Å². The second kappa shape index (κ2) is 13.1. The maximum atomic E-state index is 13.4. The zero-order valence-corrected chi connectivity index (χ0v) is 21.1. The van der Waals surface area contributed by atoms with Crippen molar-refractivity contribution in [1.82, 2.24) is 10.2 Å². The van der Waals surface area contributed by atoms with Crippen molar-refractivity contribution >= 4 is 52.6 Å². The molecule has 0 unspecified atom stereocenters. The Hall–Kier alpha value is -0.760. The molecule has 0 bridgehead atoms. The summed E-state index contributed by atoms with van der Waals surface area (Å²) in [5.41, 5.74) is -0.671. The number of piperazine rings is 1. The van der Waals surface area contributed by atoms with E-state index in [0.717, 1.165) is 25.7 Å². The van der Waals surface area contributed by atoms with Gasteiger partial charge in [0, 0.05) is 25.6 Å². The standard InChI is InChI=1S/C21H35Cl3N2O5/c1-5-6-7-8-9-15(12-17(27)30-14-21(22,23)24)18(28)16-13-25-10-11-26(16)19(29)31-20(2,3)4/h15-16,25H,5-14H2,1-4H3/t15-,16+/m1/s1. The number of rotatable bonds is 10. The summed E-state index contributed by atoms with van der Waals surface area (Å²) in [5, 5.41) is 3.15. The van der Waals surface area contributed by atoms with Crippen LogP contribution in [0.4, 0.5) is 4.79 Å². The molecule has 2 atom stereocenters. The number of ether oxygens (including phenoxy) is 2. The van der Waals surface area contributed by atoms with Gasteiger partial charge in [-0.15, -0.1) is 0 Å². The fourth-order valence-electron chi connectivity index (χ4n) is 3.35. The highest BCUT2D eigenvalue weighted by Gasteiger charge is 2.38. The number of unbranched alkanes of at least 4 members (excludes halogenated alkanes) is 3. The van der Waals surface area contributed by atoms with Gasteiger partial charge >= 0.3 is 12.1 Å². The average molecular weight is 502 g/mol. The Bertz CT molecular complexity index is 605. The molecule has 0 aromatic rings. The van der Waals surface area contributed by atoms with Gasteiger partial charge in [-0.1, -0.05) is 67.4 Å². The van der Waals surface area contributed by atoms with Gasteiger partial charge < -0.3 is 14.8 Å². The van der Waals surface area contributed by atoms with E-state index in [-0.39, 0.29) is 18.8 Å². The lowest BCUT2D eigenvalue weighted by atomic mass is 9.88. The Labute approximate surface area is 200 Å². The molecule has 0 saturated carbocycles. The van der Waals surface area contributed by atoms with Crippen LogP contribution in [-0.2, 0) is 19.1 Å². The van der Waals surface area contributed by atoms with E-state index in [2.05, 4.69) is 12.2 Å². The number of nitrogens with zero attached hydrogens (tertiary/aromatic N) is 1. The second-order valence-electron chi connectivity index (χ2n) is 8.82. The van der Waals surface area contributed by atoms with Crippen LogP contribution in [0.1, 0.15) is 66.2 Å². The van der Waals surface area contributed by atoms with Gasteiger partial charge in [-0.2, -0.15) is 0 Å². The molecule has 1 fully saturated rings. The molecule has 1 amide bonds. The highest BCUT2D eigenvalue weighted by Crippen LogP contribution is 2.27. The molecule has 1 aliphatic rings. The Morgan fingerprint density at radius 3 is 2.39 bits per heavy atom. The Morgan fingerprint density at radius 1 is 1.13 bits per heavy atom. The first kappa shape index (κ1) is 28.3. The summed E-state index contributed by atoms with van der Waals surface area (Å²) in [6.07, 6.45) is 3.74. The first-order valence-electron chi connectivity index (χ1n) is 10.8. The summed E-state index contributed by atoms with van der Waals surface area (Å²) in [7, 11) is 0. The summed E-state index contributed by atoms with van der Waals surface area (Å²) in [4.78, 5) is 39.8. The van der Waals surface area contributed by atoms with Gasteiger partial charge in [-0.05, 0) is 27.2 Å². The van der Waals surface area contributed by atoms with Gasteiger partial charge in [0.25, 0.3) is 0 Å². The third kappa shape index (κ3) is 11.6. The predicted octanol–water partition coefficient (Wildman–Crippen LogP) is 4.65.